The van der Waals surface area contributed by atoms with E-state index >= 15 is 0 Å². The van der Waals surface area contributed by atoms with Gasteiger partial charge in [0.25, 0.3) is 0 Å². The summed E-state index contributed by atoms with van der Waals surface area (Å²) in [7, 11) is 1.36. The number of methoxy groups -OCH3 is 1. The van der Waals surface area contributed by atoms with Gasteiger partial charge in [-0.05, 0) is 37.0 Å². The summed E-state index contributed by atoms with van der Waals surface area (Å²) < 4.78 is 6.75. The number of para-hydroxylation sites is 1. The number of ether oxygens (including phenoxy) is 1. The van der Waals surface area contributed by atoms with Crippen LogP contribution in [0.1, 0.15) is 27.2 Å². The molecule has 3 aromatic rings. The third-order valence-electron chi connectivity index (χ3n) is 4.45. The highest BCUT2D eigenvalue weighted by molar-refractivity contribution is 7.99. The Kier molecular flexibility index (Phi) is 5.45. The van der Waals surface area contributed by atoms with Gasteiger partial charge in [-0.15, -0.1) is 21.5 Å². The van der Waals surface area contributed by atoms with E-state index in [1.54, 1.807) is 6.33 Å². The first-order valence-corrected chi connectivity index (χ1v) is 10.6. The van der Waals surface area contributed by atoms with Crippen molar-refractivity contribution in [1.29, 1.82) is 0 Å². The molecule has 1 aliphatic carbocycles. The molecule has 0 fully saturated rings. The molecule has 2 heterocycles. The topological polar surface area (TPSA) is 86.1 Å². The van der Waals surface area contributed by atoms with Crippen LogP contribution in [0.2, 0.25) is 0 Å². The number of anilines is 1. The second-order valence-corrected chi connectivity index (χ2v) is 8.26. The average Bonchev–Trinajstić information content (AvgIpc) is 3.42. The lowest BCUT2D eigenvalue weighted by Crippen LogP contribution is -2.16. The fourth-order valence-corrected chi connectivity index (χ4v) is 5.21. The van der Waals surface area contributed by atoms with Gasteiger partial charge in [0.05, 0.1) is 18.4 Å². The van der Waals surface area contributed by atoms with Crippen molar-refractivity contribution >= 4 is 40.0 Å². The molecule has 1 aromatic carbocycles. The van der Waals surface area contributed by atoms with Gasteiger partial charge in [0.2, 0.25) is 5.91 Å². The van der Waals surface area contributed by atoms with Crippen molar-refractivity contribution in [1.82, 2.24) is 14.8 Å². The van der Waals surface area contributed by atoms with Gasteiger partial charge in [-0.2, -0.15) is 0 Å². The number of amides is 1. The largest absolute Gasteiger partial charge is 0.465 e. The molecule has 0 spiro atoms. The fraction of sp³-hybridized carbons (Fsp3) is 0.263. The zero-order valence-corrected chi connectivity index (χ0v) is 16.8. The molecular weight excluding hydrogens is 396 g/mol. The predicted octanol–water partition coefficient (Wildman–Crippen LogP) is 3.33. The minimum atomic E-state index is -0.397. The zero-order valence-electron chi connectivity index (χ0n) is 15.2. The number of fused-ring (bicyclic) bond motifs is 1. The van der Waals surface area contributed by atoms with Crippen molar-refractivity contribution in [2.24, 2.45) is 0 Å². The lowest BCUT2D eigenvalue weighted by Gasteiger charge is -2.08. The van der Waals surface area contributed by atoms with Crippen LogP contribution in [-0.2, 0) is 22.4 Å². The molecule has 1 amide bonds. The number of aryl methyl sites for hydroxylation is 1. The molecule has 0 radical (unpaired) electrons. The Labute approximate surface area is 170 Å². The van der Waals surface area contributed by atoms with E-state index in [4.69, 9.17) is 4.74 Å². The van der Waals surface area contributed by atoms with Gasteiger partial charge < -0.3 is 10.1 Å². The third kappa shape index (κ3) is 3.67. The number of carbonyl (C=O) groups is 2. The Morgan fingerprint density at radius 1 is 1.29 bits per heavy atom. The number of hydrogen-bond acceptors (Lipinski definition) is 7. The molecule has 0 saturated carbocycles. The molecule has 144 valence electrons. The van der Waals surface area contributed by atoms with Gasteiger partial charge in [0.1, 0.15) is 11.3 Å². The average molecular weight is 415 g/mol. The molecule has 0 bridgehead atoms. The summed E-state index contributed by atoms with van der Waals surface area (Å²) >= 11 is 2.76. The quantitative estimate of drug-likeness (QED) is 0.492. The van der Waals surface area contributed by atoms with Crippen molar-refractivity contribution in [2.75, 3.05) is 18.2 Å². The van der Waals surface area contributed by atoms with Crippen LogP contribution in [0, 0.1) is 0 Å². The van der Waals surface area contributed by atoms with E-state index in [-0.39, 0.29) is 11.7 Å². The summed E-state index contributed by atoms with van der Waals surface area (Å²) in [5.74, 6) is -0.432. The Balaban J connectivity index is 1.46. The van der Waals surface area contributed by atoms with Gasteiger partial charge in [0, 0.05) is 10.6 Å². The maximum atomic E-state index is 12.5. The summed E-state index contributed by atoms with van der Waals surface area (Å²) in [6, 6.07) is 9.69. The minimum absolute atomic E-state index is 0.161. The van der Waals surface area contributed by atoms with E-state index < -0.39 is 5.97 Å². The van der Waals surface area contributed by atoms with Gasteiger partial charge in [-0.25, -0.2) is 4.79 Å². The lowest BCUT2D eigenvalue weighted by molar-refractivity contribution is -0.113. The van der Waals surface area contributed by atoms with E-state index in [1.807, 2.05) is 34.9 Å². The monoisotopic (exact) mass is 414 g/mol. The molecule has 0 saturated heterocycles. The molecule has 4 rings (SSSR count). The van der Waals surface area contributed by atoms with E-state index in [0.29, 0.717) is 15.7 Å². The number of nitrogens with one attached hydrogen (secondary N) is 1. The maximum Gasteiger partial charge on any atom is 0.341 e. The molecule has 1 N–H and O–H groups in total. The zero-order chi connectivity index (χ0) is 19.5. The van der Waals surface area contributed by atoms with Gasteiger partial charge in [-0.3, -0.25) is 9.36 Å². The summed E-state index contributed by atoms with van der Waals surface area (Å²) in [6.45, 7) is 0. The van der Waals surface area contributed by atoms with Gasteiger partial charge in [0.15, 0.2) is 5.16 Å². The molecule has 0 aliphatic heterocycles. The van der Waals surface area contributed by atoms with Crippen LogP contribution >= 0.6 is 23.1 Å². The summed E-state index contributed by atoms with van der Waals surface area (Å²) in [4.78, 5) is 25.9. The Hall–Kier alpha value is -2.65. The van der Waals surface area contributed by atoms with Crippen molar-refractivity contribution in [3.8, 4) is 5.69 Å². The van der Waals surface area contributed by atoms with Crippen LogP contribution in [-0.4, -0.2) is 39.5 Å². The normalized spacial score (nSPS) is 12.6. The molecule has 28 heavy (non-hydrogen) atoms. The summed E-state index contributed by atoms with van der Waals surface area (Å²) in [5, 5.41) is 12.1. The molecule has 1 aliphatic rings. The number of esters is 1. The van der Waals surface area contributed by atoms with Gasteiger partial charge >= 0.3 is 5.97 Å². The molecule has 2 aromatic heterocycles. The van der Waals surface area contributed by atoms with Crippen molar-refractivity contribution in [3.05, 3.63) is 52.7 Å². The third-order valence-corrected chi connectivity index (χ3v) is 6.60. The van der Waals surface area contributed by atoms with E-state index in [0.717, 1.165) is 35.4 Å². The first kappa shape index (κ1) is 18.7. The molecule has 9 heteroatoms. The second kappa shape index (κ2) is 8.15. The molecular formula is C19H18N4O3S2. The van der Waals surface area contributed by atoms with Crippen LogP contribution in [0.25, 0.3) is 5.69 Å². The predicted molar refractivity (Wildman–Crippen MR) is 108 cm³/mol. The molecule has 0 atom stereocenters. The van der Waals surface area contributed by atoms with Crippen molar-refractivity contribution in [3.63, 3.8) is 0 Å². The van der Waals surface area contributed by atoms with E-state index in [1.165, 1.54) is 30.2 Å². The number of benzene rings is 1. The van der Waals surface area contributed by atoms with Crippen LogP contribution < -0.4 is 5.32 Å². The number of thioether (sulfide) groups is 1. The minimum Gasteiger partial charge on any atom is -0.465 e. The summed E-state index contributed by atoms with van der Waals surface area (Å²) in [6.07, 6.45) is 4.44. The summed E-state index contributed by atoms with van der Waals surface area (Å²) in [5.41, 5.74) is 2.45. The Morgan fingerprint density at radius 2 is 2.11 bits per heavy atom. The Morgan fingerprint density at radius 3 is 2.89 bits per heavy atom. The maximum absolute atomic E-state index is 12.5. The van der Waals surface area contributed by atoms with Gasteiger partial charge in [-0.1, -0.05) is 30.0 Å². The number of nitrogens with zero attached hydrogens (tertiary/aromatic N) is 3. The van der Waals surface area contributed by atoms with Crippen molar-refractivity contribution in [2.45, 2.75) is 24.4 Å². The van der Waals surface area contributed by atoms with E-state index in [9.17, 15) is 9.59 Å². The standard InChI is InChI=1S/C19H18N4O3S2/c1-26-18(25)16-13-8-5-9-14(13)28-17(16)21-15(24)10-27-19-22-20-11-23(19)12-6-3-2-4-7-12/h2-4,6-7,11H,5,8-10H2,1H3,(H,21,24). The SMILES string of the molecule is COC(=O)c1c(NC(=O)CSc2nncn2-c2ccccc2)sc2c1CCC2. The first-order chi connectivity index (χ1) is 13.7. The van der Waals surface area contributed by atoms with E-state index in [2.05, 4.69) is 15.5 Å². The smallest absolute Gasteiger partial charge is 0.341 e. The number of thiophene rings is 1. The first-order valence-electron chi connectivity index (χ1n) is 8.78. The number of rotatable bonds is 6. The van der Waals surface area contributed by atoms with Crippen molar-refractivity contribution < 1.29 is 14.3 Å². The molecule has 0 unspecified atom stereocenters. The molecule has 7 nitrogen and oxygen atoms in total. The number of hydrogen-bond donors (Lipinski definition) is 1. The number of carbonyl (C=O) groups excluding carboxylic acids is 2. The lowest BCUT2D eigenvalue weighted by atomic mass is 10.1. The van der Waals surface area contributed by atoms with Crippen LogP contribution in [0.15, 0.2) is 41.8 Å². The van der Waals surface area contributed by atoms with Crippen LogP contribution in [0.4, 0.5) is 5.00 Å². The number of aromatic nitrogens is 3. The highest BCUT2D eigenvalue weighted by atomic mass is 32.2. The highest BCUT2D eigenvalue weighted by Gasteiger charge is 2.28. The highest BCUT2D eigenvalue weighted by Crippen LogP contribution is 2.39. The van der Waals surface area contributed by atoms with Crippen LogP contribution in [0.3, 0.4) is 0 Å². The fourth-order valence-electron chi connectivity index (χ4n) is 3.19. The Bertz CT molecular complexity index is 1010. The van der Waals surface area contributed by atoms with Crippen LogP contribution in [0.5, 0.6) is 0 Å². The second-order valence-electron chi connectivity index (χ2n) is 6.21.